The van der Waals surface area contributed by atoms with E-state index in [2.05, 4.69) is 21.2 Å². The predicted molar refractivity (Wildman–Crippen MR) is 80.1 cm³/mol. The summed E-state index contributed by atoms with van der Waals surface area (Å²) in [5, 5.41) is 3.61. The van der Waals surface area contributed by atoms with Crippen LogP contribution in [0.1, 0.15) is 32.1 Å². The molecule has 1 aliphatic carbocycles. The smallest absolute Gasteiger partial charge is 0.147 e. The molecule has 110 valence electrons. The Morgan fingerprint density at radius 2 is 1.85 bits per heavy atom. The maximum absolute atomic E-state index is 14.1. The normalized spacial score (nSPS) is 22.2. The molecule has 0 amide bonds. The van der Waals surface area contributed by atoms with E-state index < -0.39 is 5.82 Å². The van der Waals surface area contributed by atoms with E-state index in [0.29, 0.717) is 5.69 Å². The molecule has 0 bridgehead atoms. The lowest BCUT2D eigenvalue weighted by Crippen LogP contribution is -2.61. The molecule has 1 N–H and O–H groups in total. The van der Waals surface area contributed by atoms with E-state index in [-0.39, 0.29) is 15.8 Å². The van der Waals surface area contributed by atoms with Gasteiger partial charge in [-0.15, -0.1) is 0 Å². The number of nitrogens with one attached hydrogen (secondary N) is 1. The highest BCUT2D eigenvalue weighted by atomic mass is 79.9. The van der Waals surface area contributed by atoms with Gasteiger partial charge < -0.3 is 10.2 Å². The third-order valence-electron chi connectivity index (χ3n) is 4.52. The molecule has 0 atom stereocenters. The van der Waals surface area contributed by atoms with Crippen molar-refractivity contribution in [3.8, 4) is 0 Å². The Kier molecular flexibility index (Phi) is 4.00. The predicted octanol–water partition coefficient (Wildman–Crippen LogP) is 3.84. The number of piperazine rings is 1. The molecule has 1 aromatic carbocycles. The molecule has 1 saturated carbocycles. The first kappa shape index (κ1) is 14.3. The molecule has 1 spiro atoms. The van der Waals surface area contributed by atoms with Crippen molar-refractivity contribution < 1.29 is 8.78 Å². The first-order valence-electron chi connectivity index (χ1n) is 7.24. The van der Waals surface area contributed by atoms with Crippen molar-refractivity contribution >= 4 is 21.6 Å². The lowest BCUT2D eigenvalue weighted by molar-refractivity contribution is 0.215. The highest BCUT2D eigenvalue weighted by Crippen LogP contribution is 2.34. The Morgan fingerprint density at radius 1 is 1.10 bits per heavy atom. The van der Waals surface area contributed by atoms with Gasteiger partial charge in [0.1, 0.15) is 11.6 Å². The summed E-state index contributed by atoms with van der Waals surface area (Å²) < 4.78 is 28.0. The van der Waals surface area contributed by atoms with Crippen molar-refractivity contribution in [2.75, 3.05) is 24.5 Å². The Labute approximate surface area is 126 Å². The van der Waals surface area contributed by atoms with Crippen LogP contribution in [0.5, 0.6) is 0 Å². The molecule has 2 fully saturated rings. The first-order valence-corrected chi connectivity index (χ1v) is 8.03. The number of benzene rings is 1. The topological polar surface area (TPSA) is 15.3 Å². The Balaban J connectivity index is 1.85. The molecular formula is C15H19BrF2N2. The summed E-state index contributed by atoms with van der Waals surface area (Å²) in [5.74, 6) is -0.760. The van der Waals surface area contributed by atoms with E-state index in [4.69, 9.17) is 0 Å². The molecule has 1 saturated heterocycles. The summed E-state index contributed by atoms with van der Waals surface area (Å²) >= 11 is 3.03. The minimum absolute atomic E-state index is 0.0898. The zero-order valence-corrected chi connectivity index (χ0v) is 13.0. The average Bonchev–Trinajstić information content (AvgIpc) is 2.44. The second kappa shape index (κ2) is 5.60. The number of hydrogen-bond acceptors (Lipinski definition) is 2. The second-order valence-corrected chi connectivity index (χ2v) is 6.76. The highest BCUT2D eigenvalue weighted by Gasteiger charge is 2.36. The van der Waals surface area contributed by atoms with E-state index in [1.165, 1.54) is 31.4 Å². The number of halogens is 3. The van der Waals surface area contributed by atoms with Crippen LogP contribution >= 0.6 is 15.9 Å². The van der Waals surface area contributed by atoms with Crippen LogP contribution in [0.2, 0.25) is 0 Å². The fraction of sp³-hybridized carbons (Fsp3) is 0.600. The van der Waals surface area contributed by atoms with Gasteiger partial charge in [-0.25, -0.2) is 8.78 Å². The summed E-state index contributed by atoms with van der Waals surface area (Å²) in [6.07, 6.45) is 5.98. The standard InChI is InChI=1S/C15H19BrF2N2/c16-11-8-13(18)14(9-12(11)17)20-7-6-19-15(10-20)4-2-1-3-5-15/h8-9,19H,1-7,10H2. The molecule has 2 nitrogen and oxygen atoms in total. The van der Waals surface area contributed by atoms with Gasteiger partial charge in [0, 0.05) is 31.2 Å². The summed E-state index contributed by atoms with van der Waals surface area (Å²) in [4.78, 5) is 1.99. The van der Waals surface area contributed by atoms with Crippen LogP contribution < -0.4 is 10.2 Å². The van der Waals surface area contributed by atoms with Gasteiger partial charge in [0.25, 0.3) is 0 Å². The van der Waals surface area contributed by atoms with Crippen LogP contribution in [-0.2, 0) is 0 Å². The fourth-order valence-corrected chi connectivity index (χ4v) is 3.80. The third-order valence-corrected chi connectivity index (χ3v) is 5.12. The lowest BCUT2D eigenvalue weighted by Gasteiger charge is -2.47. The lowest BCUT2D eigenvalue weighted by atomic mass is 9.80. The van der Waals surface area contributed by atoms with Crippen LogP contribution in [-0.4, -0.2) is 25.2 Å². The largest absolute Gasteiger partial charge is 0.366 e. The minimum atomic E-state index is -0.405. The van der Waals surface area contributed by atoms with Crippen LogP contribution in [0.3, 0.4) is 0 Å². The molecule has 0 unspecified atom stereocenters. The third kappa shape index (κ3) is 2.70. The molecule has 2 aliphatic rings. The van der Waals surface area contributed by atoms with Crippen LogP contribution in [0, 0.1) is 11.6 Å². The molecule has 0 radical (unpaired) electrons. The van der Waals surface area contributed by atoms with Gasteiger partial charge >= 0.3 is 0 Å². The molecule has 20 heavy (non-hydrogen) atoms. The van der Waals surface area contributed by atoms with Crippen molar-refractivity contribution in [3.05, 3.63) is 28.2 Å². The monoisotopic (exact) mass is 344 g/mol. The fourth-order valence-electron chi connectivity index (χ4n) is 3.48. The van der Waals surface area contributed by atoms with Crippen molar-refractivity contribution in [2.24, 2.45) is 0 Å². The van der Waals surface area contributed by atoms with E-state index in [1.807, 2.05) is 4.90 Å². The summed E-state index contributed by atoms with van der Waals surface area (Å²) in [5.41, 5.74) is 0.476. The van der Waals surface area contributed by atoms with Crippen molar-refractivity contribution in [1.82, 2.24) is 5.32 Å². The van der Waals surface area contributed by atoms with E-state index in [9.17, 15) is 8.78 Å². The van der Waals surface area contributed by atoms with Crippen LogP contribution in [0.4, 0.5) is 14.5 Å². The van der Waals surface area contributed by atoms with Gasteiger partial charge in [0.15, 0.2) is 0 Å². The van der Waals surface area contributed by atoms with Gasteiger partial charge in [-0.2, -0.15) is 0 Å². The average molecular weight is 345 g/mol. The molecule has 1 heterocycles. The number of hydrogen-bond donors (Lipinski definition) is 1. The van der Waals surface area contributed by atoms with E-state index >= 15 is 0 Å². The maximum atomic E-state index is 14.1. The van der Waals surface area contributed by atoms with Crippen molar-refractivity contribution in [3.63, 3.8) is 0 Å². The minimum Gasteiger partial charge on any atom is -0.366 e. The van der Waals surface area contributed by atoms with Gasteiger partial charge in [-0.05, 0) is 34.8 Å². The number of anilines is 1. The van der Waals surface area contributed by atoms with E-state index in [0.717, 1.165) is 32.5 Å². The van der Waals surface area contributed by atoms with Crippen LogP contribution in [0.15, 0.2) is 16.6 Å². The maximum Gasteiger partial charge on any atom is 0.147 e. The second-order valence-electron chi connectivity index (χ2n) is 5.91. The zero-order valence-electron chi connectivity index (χ0n) is 11.4. The van der Waals surface area contributed by atoms with Gasteiger partial charge in [0.2, 0.25) is 0 Å². The molecule has 1 aliphatic heterocycles. The molecule has 5 heteroatoms. The molecular weight excluding hydrogens is 326 g/mol. The zero-order chi connectivity index (χ0) is 14.2. The van der Waals surface area contributed by atoms with Gasteiger partial charge in [-0.3, -0.25) is 0 Å². The van der Waals surface area contributed by atoms with Crippen molar-refractivity contribution in [1.29, 1.82) is 0 Å². The van der Waals surface area contributed by atoms with Gasteiger partial charge in [0.05, 0.1) is 10.2 Å². The van der Waals surface area contributed by atoms with Crippen LogP contribution in [0.25, 0.3) is 0 Å². The molecule has 1 aromatic rings. The Morgan fingerprint density at radius 3 is 2.60 bits per heavy atom. The summed E-state index contributed by atoms with van der Waals surface area (Å²) in [6.45, 7) is 2.32. The summed E-state index contributed by atoms with van der Waals surface area (Å²) in [7, 11) is 0. The summed E-state index contributed by atoms with van der Waals surface area (Å²) in [6, 6.07) is 2.53. The highest BCUT2D eigenvalue weighted by molar-refractivity contribution is 9.10. The molecule has 0 aromatic heterocycles. The quantitative estimate of drug-likeness (QED) is 0.778. The number of rotatable bonds is 1. The Hall–Kier alpha value is -0.680. The van der Waals surface area contributed by atoms with Crippen molar-refractivity contribution in [2.45, 2.75) is 37.6 Å². The number of nitrogens with zero attached hydrogens (tertiary/aromatic N) is 1. The van der Waals surface area contributed by atoms with Gasteiger partial charge in [-0.1, -0.05) is 19.3 Å². The Bertz CT molecular complexity index is 495. The van der Waals surface area contributed by atoms with E-state index in [1.54, 1.807) is 0 Å². The SMILES string of the molecule is Fc1cc(N2CCNC3(CCCCC3)C2)c(F)cc1Br. The molecule has 3 rings (SSSR count). The first-order chi connectivity index (χ1) is 9.60.